The molecule has 3 aromatic rings. The third-order valence-electron chi connectivity index (χ3n) is 8.94. The number of thiol groups is 1. The molecule has 1 aromatic carbocycles. The van der Waals surface area contributed by atoms with Crippen LogP contribution in [0.15, 0.2) is 35.3 Å². The van der Waals surface area contributed by atoms with E-state index in [4.69, 9.17) is 16.9 Å². The second-order valence-electron chi connectivity index (χ2n) is 13.9. The molecule has 17 N–H and O–H groups in total. The van der Waals surface area contributed by atoms with Crippen molar-refractivity contribution in [3.05, 3.63) is 52.1 Å². The van der Waals surface area contributed by atoms with Gasteiger partial charge in [0.1, 0.15) is 18.1 Å². The summed E-state index contributed by atoms with van der Waals surface area (Å²) in [5.41, 5.74) is 11.1. The molecule has 4 amide bonds. The van der Waals surface area contributed by atoms with E-state index in [2.05, 4.69) is 64.5 Å². The van der Waals surface area contributed by atoms with Gasteiger partial charge in [0.15, 0.2) is 17.1 Å². The maximum Gasteiger partial charge on any atom is 0.374 e. The first-order chi connectivity index (χ1) is 30.7. The summed E-state index contributed by atoms with van der Waals surface area (Å²) in [6.07, 6.45) is -1.15. The molecule has 0 aliphatic carbocycles. The predicted molar refractivity (Wildman–Crippen MR) is 227 cm³/mol. The van der Waals surface area contributed by atoms with E-state index in [1.165, 1.54) is 30.5 Å². The number of carbonyl (C=O) groups is 9. The molecule has 65 heavy (non-hydrogen) atoms. The van der Waals surface area contributed by atoms with Gasteiger partial charge in [0.2, 0.25) is 23.7 Å². The van der Waals surface area contributed by atoms with Crippen LogP contribution >= 0.6 is 12.6 Å². The Morgan fingerprint density at radius 1 is 0.800 bits per heavy atom. The summed E-state index contributed by atoms with van der Waals surface area (Å²) in [4.78, 5) is 137. The molecule has 5 atom stereocenters. The second-order valence-corrected chi connectivity index (χ2v) is 14.2. The molecule has 350 valence electrons. The van der Waals surface area contributed by atoms with Crippen LogP contribution in [0.2, 0.25) is 0 Å². The van der Waals surface area contributed by atoms with Crippen LogP contribution in [0, 0.1) is 5.41 Å². The summed E-state index contributed by atoms with van der Waals surface area (Å²) in [6.45, 7) is -0.892. The third kappa shape index (κ3) is 17.1. The third-order valence-corrected chi connectivity index (χ3v) is 9.31. The van der Waals surface area contributed by atoms with Crippen LogP contribution in [-0.2, 0) is 44.9 Å². The summed E-state index contributed by atoms with van der Waals surface area (Å²) < 4.78 is 0. The number of anilines is 2. The molecule has 0 bridgehead atoms. The van der Waals surface area contributed by atoms with Gasteiger partial charge in [-0.3, -0.25) is 49.3 Å². The number of nitrogen functional groups attached to an aromatic ring is 1. The SMILES string of the molecule is N=C(N)NC(=O)CC[C@@H](CN[C@@H](CC(=O)O)C(=O)N[C@H](CS)C(=O)O)NC[C@H](NC(=O)CC[C@H](NC(=O)c1ccc(NCc2cnc3nc(N)[nH]c(=O)c3n2)cc1)C(=O)O)C(=O)C(=O)O. The van der Waals surface area contributed by atoms with Gasteiger partial charge in [0.25, 0.3) is 17.2 Å². The summed E-state index contributed by atoms with van der Waals surface area (Å²) in [5, 5.41) is 62.2. The highest BCUT2D eigenvalue weighted by Crippen LogP contribution is 2.13. The van der Waals surface area contributed by atoms with E-state index in [0.717, 1.165) is 0 Å². The fourth-order valence-corrected chi connectivity index (χ4v) is 5.89. The van der Waals surface area contributed by atoms with Crippen molar-refractivity contribution in [2.24, 2.45) is 5.73 Å². The van der Waals surface area contributed by atoms with Crippen molar-refractivity contribution in [2.75, 3.05) is 29.9 Å². The maximum atomic E-state index is 13.0. The lowest BCUT2D eigenvalue weighted by atomic mass is 10.1. The number of rotatable bonds is 27. The highest BCUT2D eigenvalue weighted by atomic mass is 32.1. The molecular weight excluding hydrogens is 885 g/mol. The van der Waals surface area contributed by atoms with Gasteiger partial charge in [0, 0.05) is 49.0 Å². The molecule has 0 fully saturated rings. The number of Topliss-reactive ketones (excluding diaryl/α,β-unsaturated/α-hetero) is 1. The summed E-state index contributed by atoms with van der Waals surface area (Å²) >= 11 is 3.85. The van der Waals surface area contributed by atoms with E-state index < -0.39 is 121 Å². The Morgan fingerprint density at radius 3 is 2.06 bits per heavy atom. The average Bonchev–Trinajstić information content (AvgIpc) is 3.23. The monoisotopic (exact) mass is 930 g/mol. The molecule has 0 spiro atoms. The van der Waals surface area contributed by atoms with Crippen LogP contribution in [-0.4, -0.2) is 149 Å². The van der Waals surface area contributed by atoms with Gasteiger partial charge in [-0.2, -0.15) is 17.6 Å². The van der Waals surface area contributed by atoms with Crippen LogP contribution in [0.4, 0.5) is 11.6 Å². The first-order valence-corrected chi connectivity index (χ1v) is 19.7. The van der Waals surface area contributed by atoms with Crippen LogP contribution in [0.3, 0.4) is 0 Å². The first kappa shape index (κ1) is 51.6. The van der Waals surface area contributed by atoms with Crippen LogP contribution in [0.25, 0.3) is 11.2 Å². The predicted octanol–water partition coefficient (Wildman–Crippen LogP) is -4.31. The molecule has 3 rings (SSSR count). The Kier molecular flexibility index (Phi) is 19.6. The number of carboxylic acid groups (broad SMARTS) is 4. The Bertz CT molecular complexity index is 2350. The van der Waals surface area contributed by atoms with Crippen molar-refractivity contribution in [1.82, 2.24) is 51.8 Å². The molecule has 0 saturated heterocycles. The van der Waals surface area contributed by atoms with Crippen molar-refractivity contribution in [3.8, 4) is 0 Å². The van der Waals surface area contributed by atoms with Gasteiger partial charge in [-0.25, -0.2) is 24.4 Å². The number of nitrogens with zero attached hydrogens (tertiary/aromatic N) is 3. The van der Waals surface area contributed by atoms with Gasteiger partial charge in [0.05, 0.1) is 30.9 Å². The first-order valence-electron chi connectivity index (χ1n) is 19.1. The van der Waals surface area contributed by atoms with Gasteiger partial charge in [-0.1, -0.05) is 0 Å². The molecule has 0 radical (unpaired) electrons. The van der Waals surface area contributed by atoms with Crippen molar-refractivity contribution in [3.63, 3.8) is 0 Å². The minimum Gasteiger partial charge on any atom is -0.481 e. The largest absolute Gasteiger partial charge is 0.481 e. The number of carboxylic acids is 4. The number of hydrogen-bond acceptors (Lipinski definition) is 19. The van der Waals surface area contributed by atoms with Gasteiger partial charge < -0.3 is 63.8 Å². The standard InChI is InChI=1S/C36H46N14O14S/c37-35(38)48-24(52)7-5-17(10-42-20(9-25(53)54)30(57)47-22(14-65)33(61)62)41-13-21(27(55)34(63)64)45-23(51)8-6-19(32(59)60)46-29(56)15-1-3-16(4-2-15)40-11-18-12-43-28-26(44-18)31(58)50-36(39)49-28/h1-4,12,17,19-22,40-42,65H,5-11,13-14H2,(H,45,51)(H,46,56)(H,47,57)(H,53,54)(H,59,60)(H,61,62)(H,63,64)(H4,37,38,48,52)(H3,39,43,49,50,58)/t17-,19-,20-,21-,22+/m0/s1. The minimum atomic E-state index is -1.97. The number of benzene rings is 1. The number of H-pyrrole nitrogens is 1. The Morgan fingerprint density at radius 2 is 1.46 bits per heavy atom. The number of hydrogen-bond donors (Lipinski definition) is 16. The summed E-state index contributed by atoms with van der Waals surface area (Å²) in [5.74, 6) is -12.7. The molecule has 29 heteroatoms. The number of amides is 4. The van der Waals surface area contributed by atoms with Crippen molar-refractivity contribution >= 4 is 94.7 Å². The topological polar surface area (TPSA) is 466 Å². The molecule has 0 unspecified atom stereocenters. The Labute approximate surface area is 371 Å². The zero-order chi connectivity index (χ0) is 48.4. The highest BCUT2D eigenvalue weighted by molar-refractivity contribution is 7.80. The lowest BCUT2D eigenvalue weighted by molar-refractivity contribution is -0.150. The average molecular weight is 931 g/mol. The van der Waals surface area contributed by atoms with E-state index >= 15 is 0 Å². The highest BCUT2D eigenvalue weighted by Gasteiger charge is 2.30. The zero-order valence-corrected chi connectivity index (χ0v) is 34.8. The molecule has 0 saturated carbocycles. The van der Waals surface area contributed by atoms with Crippen LogP contribution in [0.1, 0.15) is 48.2 Å². The number of aromatic nitrogens is 4. The number of aromatic amines is 1. The van der Waals surface area contributed by atoms with Crippen molar-refractivity contribution < 1.29 is 63.6 Å². The van der Waals surface area contributed by atoms with Crippen LogP contribution < -0.4 is 54.2 Å². The van der Waals surface area contributed by atoms with Crippen molar-refractivity contribution in [1.29, 1.82) is 5.41 Å². The number of nitrogens with two attached hydrogens (primary N) is 2. The van der Waals surface area contributed by atoms with E-state index in [1.807, 2.05) is 5.32 Å². The minimum absolute atomic E-state index is 0.0248. The Hall–Kier alpha value is -7.79. The maximum absolute atomic E-state index is 13.0. The number of carbonyl (C=O) groups excluding carboxylic acids is 5. The zero-order valence-electron chi connectivity index (χ0n) is 34.0. The normalized spacial score (nSPS) is 13.2. The lowest BCUT2D eigenvalue weighted by Gasteiger charge is -2.25. The summed E-state index contributed by atoms with van der Waals surface area (Å²) in [6, 6.07) is -1.72. The van der Waals surface area contributed by atoms with E-state index in [0.29, 0.717) is 11.4 Å². The fraction of sp³-hybridized carbons (Fsp3) is 0.389. The lowest BCUT2D eigenvalue weighted by Crippen LogP contribution is -2.56. The van der Waals surface area contributed by atoms with Crippen molar-refractivity contribution in [2.45, 2.75) is 68.9 Å². The molecule has 2 heterocycles. The van der Waals surface area contributed by atoms with Gasteiger partial charge in [-0.15, -0.1) is 0 Å². The molecule has 28 nitrogen and oxygen atoms in total. The quantitative estimate of drug-likeness (QED) is 0.0149. The molecule has 2 aromatic heterocycles. The fourth-order valence-electron chi connectivity index (χ4n) is 5.64. The number of aliphatic carboxylic acids is 4. The number of fused-ring (bicyclic) bond motifs is 1. The van der Waals surface area contributed by atoms with E-state index in [1.54, 1.807) is 0 Å². The molecule has 0 aliphatic heterocycles. The number of guanidine groups is 1. The molecule has 0 aliphatic rings. The number of ketones is 1. The smallest absolute Gasteiger partial charge is 0.374 e. The van der Waals surface area contributed by atoms with Gasteiger partial charge in [-0.05, 0) is 37.1 Å². The molecular formula is C36H46N14O14S. The van der Waals surface area contributed by atoms with Crippen LogP contribution in [0.5, 0.6) is 0 Å². The van der Waals surface area contributed by atoms with Gasteiger partial charge >= 0.3 is 23.9 Å². The van der Waals surface area contributed by atoms with E-state index in [-0.39, 0.29) is 54.4 Å². The second kappa shape index (κ2) is 24.7. The van der Waals surface area contributed by atoms with E-state index in [9.17, 15) is 68.4 Å². The number of nitrogens with one attached hydrogen (secondary N) is 9. The summed E-state index contributed by atoms with van der Waals surface area (Å²) in [7, 11) is 0. The Balaban J connectivity index is 1.64.